The van der Waals surface area contributed by atoms with Crippen LogP contribution >= 0.6 is 0 Å². The molecule has 0 bridgehead atoms. The van der Waals surface area contributed by atoms with Crippen LogP contribution in [0, 0.1) is 16.7 Å². The van der Waals surface area contributed by atoms with Crippen molar-refractivity contribution in [2.45, 2.75) is 115 Å². The predicted octanol–water partition coefficient (Wildman–Crippen LogP) is 4.40. The van der Waals surface area contributed by atoms with Crippen LogP contribution in [0.4, 0.5) is 0 Å². The number of allylic oxidation sites excluding steroid dienone is 1. The summed E-state index contributed by atoms with van der Waals surface area (Å²) in [6, 6.07) is 9.32. The van der Waals surface area contributed by atoms with Gasteiger partial charge in [0.25, 0.3) is 0 Å². The van der Waals surface area contributed by atoms with Crippen molar-refractivity contribution in [3.8, 4) is 0 Å². The molecule has 0 saturated heterocycles. The third kappa shape index (κ3) is 4.64. The highest BCUT2D eigenvalue weighted by molar-refractivity contribution is 5.88. The zero-order chi connectivity index (χ0) is 31.4. The molecule has 0 aromatic heterocycles. The van der Waals surface area contributed by atoms with Gasteiger partial charge in [-0.1, -0.05) is 61.9 Å². The predicted molar refractivity (Wildman–Crippen MR) is 161 cm³/mol. The molecule has 234 valence electrons. The molecule has 3 saturated carbocycles. The lowest BCUT2D eigenvalue weighted by Crippen LogP contribution is -2.78. The van der Waals surface area contributed by atoms with Gasteiger partial charge in [-0.25, -0.2) is 9.59 Å². The zero-order valence-electron chi connectivity index (χ0n) is 25.9. The number of carbonyl (C=O) groups is 2. The fourth-order valence-electron chi connectivity index (χ4n) is 8.87. The van der Waals surface area contributed by atoms with Crippen molar-refractivity contribution in [1.82, 2.24) is 0 Å². The standard InChI is InChI=1S/C35H46O8/c1-6-22(2)30(38)42-23(3)33(39)18-19-35(41)32(33,5)28(43-29(37)13-12-24-10-8-7-9-11-24)21-27-31(4)16-15-26(36)20-25(31)14-17-34(27,35)40/h6-14,23,26-28,36,39-41H,15-21H2,1-5H3/t23-,26-,27-,28+,31-,32+,33-,34-,35-/m0/s1. The van der Waals surface area contributed by atoms with E-state index in [0.717, 1.165) is 11.1 Å². The highest BCUT2D eigenvalue weighted by Gasteiger charge is 2.81. The van der Waals surface area contributed by atoms with Crippen molar-refractivity contribution in [3.05, 3.63) is 65.3 Å². The van der Waals surface area contributed by atoms with Gasteiger partial charge in [-0.05, 0) is 82.8 Å². The molecule has 1 aromatic rings. The summed E-state index contributed by atoms with van der Waals surface area (Å²) < 4.78 is 11.9. The molecule has 0 amide bonds. The second-order valence-electron chi connectivity index (χ2n) is 13.6. The Morgan fingerprint density at radius 3 is 2.44 bits per heavy atom. The van der Waals surface area contributed by atoms with Gasteiger partial charge < -0.3 is 29.9 Å². The molecule has 5 rings (SSSR count). The van der Waals surface area contributed by atoms with E-state index in [0.29, 0.717) is 24.8 Å². The Morgan fingerprint density at radius 1 is 1.07 bits per heavy atom. The summed E-state index contributed by atoms with van der Waals surface area (Å²) in [5.74, 6) is -1.73. The molecule has 0 spiro atoms. The van der Waals surface area contributed by atoms with Gasteiger partial charge in [-0.15, -0.1) is 0 Å². The fraction of sp³-hybridized carbons (Fsp3) is 0.600. The van der Waals surface area contributed by atoms with E-state index >= 15 is 0 Å². The van der Waals surface area contributed by atoms with Gasteiger partial charge in [0, 0.05) is 17.6 Å². The first-order chi connectivity index (χ1) is 20.2. The van der Waals surface area contributed by atoms with Crippen LogP contribution in [0.3, 0.4) is 0 Å². The van der Waals surface area contributed by atoms with Gasteiger partial charge in [0.15, 0.2) is 0 Å². The molecule has 0 unspecified atom stereocenters. The molecule has 3 fully saturated rings. The van der Waals surface area contributed by atoms with E-state index in [1.807, 2.05) is 36.4 Å². The van der Waals surface area contributed by atoms with E-state index in [2.05, 4.69) is 6.92 Å². The van der Waals surface area contributed by atoms with Crippen LogP contribution in [0.1, 0.15) is 85.1 Å². The van der Waals surface area contributed by atoms with E-state index in [4.69, 9.17) is 9.47 Å². The maximum absolute atomic E-state index is 13.4. The highest BCUT2D eigenvalue weighted by Crippen LogP contribution is 2.71. The average Bonchev–Trinajstić information content (AvgIpc) is 3.22. The molecule has 8 nitrogen and oxygen atoms in total. The van der Waals surface area contributed by atoms with Crippen molar-refractivity contribution in [3.63, 3.8) is 0 Å². The first kappa shape index (κ1) is 31.6. The third-order valence-corrected chi connectivity index (χ3v) is 11.8. The summed E-state index contributed by atoms with van der Waals surface area (Å²) in [6.45, 7) is 8.65. The van der Waals surface area contributed by atoms with Crippen LogP contribution < -0.4 is 0 Å². The molecule has 0 aliphatic heterocycles. The van der Waals surface area contributed by atoms with Gasteiger partial charge in [0.05, 0.1) is 11.5 Å². The molecule has 43 heavy (non-hydrogen) atoms. The summed E-state index contributed by atoms with van der Waals surface area (Å²) in [7, 11) is 0. The smallest absolute Gasteiger partial charge is 0.333 e. The van der Waals surface area contributed by atoms with E-state index < -0.39 is 63.8 Å². The normalized spacial score (nSPS) is 41.5. The van der Waals surface area contributed by atoms with Crippen LogP contribution in [-0.2, 0) is 19.1 Å². The van der Waals surface area contributed by atoms with Crippen molar-refractivity contribution in [1.29, 1.82) is 0 Å². The first-order valence-corrected chi connectivity index (χ1v) is 15.5. The lowest BCUT2D eigenvalue weighted by Gasteiger charge is -2.67. The maximum Gasteiger partial charge on any atom is 0.333 e. The number of aliphatic hydroxyl groups excluding tert-OH is 1. The molecular formula is C35H46O8. The topological polar surface area (TPSA) is 134 Å². The molecule has 4 N–H and O–H groups in total. The van der Waals surface area contributed by atoms with Gasteiger partial charge in [-0.2, -0.15) is 0 Å². The largest absolute Gasteiger partial charge is 0.458 e. The molecule has 4 aliphatic rings. The second kappa shape index (κ2) is 11.0. The SMILES string of the molecule is CC=C(C)C(=O)O[C@@H](C)[C@@]1(O)CC[C@]2(O)[C@]1(C)[C@H](OC(=O)C=Cc1ccccc1)C[C@H]1[C@@]3(C)CC[C@H](O)CC3=CC[C@]12O. The Balaban J connectivity index is 1.58. The minimum absolute atomic E-state index is 0.0211. The van der Waals surface area contributed by atoms with Gasteiger partial charge in [0.1, 0.15) is 29.0 Å². The number of hydrogen-bond donors (Lipinski definition) is 4. The number of fused-ring (bicyclic) bond motifs is 5. The molecule has 0 heterocycles. The number of ether oxygens (including phenoxy) is 2. The Labute approximate surface area is 254 Å². The van der Waals surface area contributed by atoms with Gasteiger partial charge >= 0.3 is 11.9 Å². The maximum atomic E-state index is 13.4. The van der Waals surface area contributed by atoms with E-state index in [-0.39, 0.29) is 25.7 Å². The van der Waals surface area contributed by atoms with Gasteiger partial charge in [-0.3, -0.25) is 0 Å². The summed E-state index contributed by atoms with van der Waals surface area (Å²) in [6.07, 6.45) is 6.00. The Morgan fingerprint density at radius 2 is 1.77 bits per heavy atom. The number of carbonyl (C=O) groups excluding carboxylic acids is 2. The third-order valence-electron chi connectivity index (χ3n) is 11.8. The monoisotopic (exact) mass is 594 g/mol. The molecule has 1 aromatic carbocycles. The van der Waals surface area contributed by atoms with Crippen LogP contribution in [-0.4, -0.2) is 67.5 Å². The summed E-state index contributed by atoms with van der Waals surface area (Å²) in [5.41, 5.74) is -5.28. The van der Waals surface area contributed by atoms with Crippen LogP contribution in [0.5, 0.6) is 0 Å². The molecule has 8 heteroatoms. The minimum atomic E-state index is -1.89. The van der Waals surface area contributed by atoms with Crippen LogP contribution in [0.25, 0.3) is 6.08 Å². The van der Waals surface area contributed by atoms with Crippen molar-refractivity contribution < 1.29 is 39.5 Å². The van der Waals surface area contributed by atoms with E-state index in [9.17, 15) is 30.0 Å². The molecule has 4 aliphatic carbocycles. The quantitative estimate of drug-likeness (QED) is 0.216. The summed E-state index contributed by atoms with van der Waals surface area (Å²) in [5, 5.41) is 48.4. The van der Waals surface area contributed by atoms with Crippen LogP contribution in [0.15, 0.2) is 59.7 Å². The lowest BCUT2D eigenvalue weighted by atomic mass is 9.42. The Hall–Kier alpha value is -2.78. The Kier molecular flexibility index (Phi) is 8.08. The molecule has 0 radical (unpaired) electrons. The van der Waals surface area contributed by atoms with Crippen LogP contribution in [0.2, 0.25) is 0 Å². The van der Waals surface area contributed by atoms with E-state index in [1.54, 1.807) is 39.8 Å². The Bertz CT molecular complexity index is 1350. The summed E-state index contributed by atoms with van der Waals surface area (Å²) >= 11 is 0. The van der Waals surface area contributed by atoms with Crippen molar-refractivity contribution in [2.24, 2.45) is 16.7 Å². The minimum Gasteiger partial charge on any atom is -0.458 e. The number of esters is 2. The average molecular weight is 595 g/mol. The number of rotatable bonds is 6. The van der Waals surface area contributed by atoms with Crippen molar-refractivity contribution in [2.75, 3.05) is 0 Å². The fourth-order valence-corrected chi connectivity index (χ4v) is 8.87. The number of benzene rings is 1. The second-order valence-corrected chi connectivity index (χ2v) is 13.6. The summed E-state index contributed by atoms with van der Waals surface area (Å²) in [4.78, 5) is 26.2. The first-order valence-electron chi connectivity index (χ1n) is 15.5. The highest BCUT2D eigenvalue weighted by atomic mass is 16.6. The number of aliphatic hydroxyl groups is 4. The zero-order valence-corrected chi connectivity index (χ0v) is 25.9. The molecule has 9 atom stereocenters. The van der Waals surface area contributed by atoms with Gasteiger partial charge in [0.2, 0.25) is 0 Å². The lowest BCUT2D eigenvalue weighted by molar-refractivity contribution is -0.326. The number of hydrogen-bond acceptors (Lipinski definition) is 8. The van der Waals surface area contributed by atoms with E-state index in [1.165, 1.54) is 6.08 Å². The molecular weight excluding hydrogens is 548 g/mol. The van der Waals surface area contributed by atoms with Crippen molar-refractivity contribution >= 4 is 18.0 Å².